The second-order valence-electron chi connectivity index (χ2n) is 5.55. The quantitative estimate of drug-likeness (QED) is 0.885. The van der Waals surface area contributed by atoms with Crippen LogP contribution in [0.5, 0.6) is 0 Å². The summed E-state index contributed by atoms with van der Waals surface area (Å²) in [6, 6.07) is 5.19. The molecule has 98 valence electrons. The van der Waals surface area contributed by atoms with Gasteiger partial charge in [0.25, 0.3) is 0 Å². The average Bonchev–Trinajstić information content (AvgIpc) is 3.03. The maximum atomic E-state index is 5.63. The van der Waals surface area contributed by atoms with Crippen LogP contribution in [-0.4, -0.2) is 24.1 Å². The van der Waals surface area contributed by atoms with E-state index in [0.29, 0.717) is 6.04 Å². The number of fused-ring (bicyclic) bond motifs is 1. The molecule has 2 heterocycles. The van der Waals surface area contributed by atoms with Crippen LogP contribution >= 0.6 is 0 Å². The van der Waals surface area contributed by atoms with E-state index >= 15 is 0 Å². The Bertz CT molecular complexity index is 416. The summed E-state index contributed by atoms with van der Waals surface area (Å²) >= 11 is 0. The highest BCUT2D eigenvalue weighted by Crippen LogP contribution is 2.29. The molecule has 0 aromatic carbocycles. The Hall–Kier alpha value is -1.09. The second-order valence-corrected chi connectivity index (χ2v) is 5.55. The molecule has 0 radical (unpaired) electrons. The van der Waals surface area contributed by atoms with Crippen molar-refractivity contribution in [3.8, 4) is 0 Å². The SMILES string of the molecule is NCCCC1CCCN1c1ccc2c(n1)CCC2. The van der Waals surface area contributed by atoms with Crippen molar-refractivity contribution in [2.24, 2.45) is 5.73 Å². The first-order chi connectivity index (χ1) is 8.88. The van der Waals surface area contributed by atoms with E-state index in [0.717, 1.165) is 13.0 Å². The Kier molecular flexibility index (Phi) is 3.50. The van der Waals surface area contributed by atoms with Gasteiger partial charge in [0.1, 0.15) is 5.82 Å². The van der Waals surface area contributed by atoms with Crippen molar-refractivity contribution in [1.82, 2.24) is 4.98 Å². The zero-order valence-corrected chi connectivity index (χ0v) is 11.1. The third-order valence-corrected chi connectivity index (χ3v) is 4.33. The van der Waals surface area contributed by atoms with Gasteiger partial charge in [-0.05, 0) is 63.1 Å². The lowest BCUT2D eigenvalue weighted by Gasteiger charge is -2.26. The molecule has 1 aliphatic carbocycles. The summed E-state index contributed by atoms with van der Waals surface area (Å²) in [7, 11) is 0. The first kappa shape index (κ1) is 12.0. The van der Waals surface area contributed by atoms with Crippen LogP contribution in [-0.2, 0) is 12.8 Å². The number of nitrogens with two attached hydrogens (primary N) is 1. The van der Waals surface area contributed by atoms with Gasteiger partial charge in [-0.2, -0.15) is 0 Å². The van der Waals surface area contributed by atoms with E-state index in [2.05, 4.69) is 17.0 Å². The predicted octanol–water partition coefficient (Wildman–Crippen LogP) is 2.28. The highest BCUT2D eigenvalue weighted by Gasteiger charge is 2.26. The fourth-order valence-electron chi connectivity index (χ4n) is 3.36. The maximum absolute atomic E-state index is 5.63. The van der Waals surface area contributed by atoms with Gasteiger partial charge >= 0.3 is 0 Å². The molecule has 0 amide bonds. The summed E-state index contributed by atoms with van der Waals surface area (Å²) in [5.41, 5.74) is 8.44. The van der Waals surface area contributed by atoms with Gasteiger partial charge in [0.15, 0.2) is 0 Å². The molecule has 1 aromatic rings. The molecule has 1 aliphatic heterocycles. The van der Waals surface area contributed by atoms with Crippen molar-refractivity contribution in [2.45, 2.75) is 51.0 Å². The number of hydrogen-bond acceptors (Lipinski definition) is 3. The number of rotatable bonds is 4. The fraction of sp³-hybridized carbons (Fsp3) is 0.667. The van der Waals surface area contributed by atoms with Gasteiger partial charge in [-0.1, -0.05) is 6.07 Å². The van der Waals surface area contributed by atoms with Gasteiger partial charge in [-0.25, -0.2) is 4.98 Å². The smallest absolute Gasteiger partial charge is 0.129 e. The Balaban J connectivity index is 1.76. The van der Waals surface area contributed by atoms with Crippen LogP contribution in [0.4, 0.5) is 5.82 Å². The largest absolute Gasteiger partial charge is 0.354 e. The molecule has 1 saturated heterocycles. The molecule has 3 rings (SSSR count). The average molecular weight is 245 g/mol. The molecule has 1 aromatic heterocycles. The molecule has 1 unspecified atom stereocenters. The van der Waals surface area contributed by atoms with E-state index in [1.54, 1.807) is 0 Å². The zero-order chi connectivity index (χ0) is 12.4. The number of aryl methyl sites for hydroxylation is 2. The molecule has 0 bridgehead atoms. The van der Waals surface area contributed by atoms with Crippen molar-refractivity contribution in [3.05, 3.63) is 23.4 Å². The maximum Gasteiger partial charge on any atom is 0.129 e. The molecule has 0 saturated carbocycles. The van der Waals surface area contributed by atoms with Crippen LogP contribution in [0.25, 0.3) is 0 Å². The van der Waals surface area contributed by atoms with Gasteiger partial charge in [0.05, 0.1) is 0 Å². The summed E-state index contributed by atoms with van der Waals surface area (Å²) in [5, 5.41) is 0. The third kappa shape index (κ3) is 2.24. The predicted molar refractivity (Wildman–Crippen MR) is 74.9 cm³/mol. The fourth-order valence-corrected chi connectivity index (χ4v) is 3.36. The monoisotopic (exact) mass is 245 g/mol. The molecule has 0 spiro atoms. The molecule has 18 heavy (non-hydrogen) atoms. The van der Waals surface area contributed by atoms with E-state index < -0.39 is 0 Å². The van der Waals surface area contributed by atoms with Crippen LogP contribution in [0.3, 0.4) is 0 Å². The van der Waals surface area contributed by atoms with E-state index in [1.807, 2.05) is 0 Å². The number of nitrogens with zero attached hydrogens (tertiary/aromatic N) is 2. The first-order valence-corrected chi connectivity index (χ1v) is 7.34. The van der Waals surface area contributed by atoms with Gasteiger partial charge < -0.3 is 10.6 Å². The summed E-state index contributed by atoms with van der Waals surface area (Å²) in [5.74, 6) is 1.20. The van der Waals surface area contributed by atoms with Crippen LogP contribution in [0.2, 0.25) is 0 Å². The molecule has 3 nitrogen and oxygen atoms in total. The molecule has 1 atom stereocenters. The Morgan fingerprint density at radius 1 is 1.28 bits per heavy atom. The lowest BCUT2D eigenvalue weighted by atomic mass is 10.1. The van der Waals surface area contributed by atoms with Crippen LogP contribution in [0.1, 0.15) is 43.4 Å². The summed E-state index contributed by atoms with van der Waals surface area (Å²) in [6.45, 7) is 1.98. The lowest BCUT2D eigenvalue weighted by molar-refractivity contribution is 0.582. The van der Waals surface area contributed by atoms with Crippen molar-refractivity contribution in [2.75, 3.05) is 18.0 Å². The second kappa shape index (κ2) is 5.27. The highest BCUT2D eigenvalue weighted by molar-refractivity contribution is 5.45. The van der Waals surface area contributed by atoms with E-state index in [9.17, 15) is 0 Å². The standard InChI is InChI=1S/C15H23N3/c16-10-2-5-13-6-3-11-18(13)15-9-8-12-4-1-7-14(12)17-15/h8-9,13H,1-7,10-11,16H2. The lowest BCUT2D eigenvalue weighted by Crippen LogP contribution is -2.30. The molecule has 3 heteroatoms. The van der Waals surface area contributed by atoms with Crippen molar-refractivity contribution in [3.63, 3.8) is 0 Å². The van der Waals surface area contributed by atoms with Crippen LogP contribution in [0.15, 0.2) is 12.1 Å². The van der Waals surface area contributed by atoms with Gasteiger partial charge in [-0.15, -0.1) is 0 Å². The van der Waals surface area contributed by atoms with Gasteiger partial charge in [0, 0.05) is 18.3 Å². The number of aromatic nitrogens is 1. The Morgan fingerprint density at radius 3 is 3.11 bits per heavy atom. The zero-order valence-electron chi connectivity index (χ0n) is 11.1. The molecule has 2 aliphatic rings. The molecular formula is C15H23N3. The van der Waals surface area contributed by atoms with Crippen LogP contribution in [0, 0.1) is 0 Å². The minimum Gasteiger partial charge on any atom is -0.354 e. The Morgan fingerprint density at radius 2 is 2.22 bits per heavy atom. The number of pyridine rings is 1. The minimum atomic E-state index is 0.667. The highest BCUT2D eigenvalue weighted by atomic mass is 15.2. The summed E-state index contributed by atoms with van der Waals surface area (Å²) < 4.78 is 0. The molecule has 1 fully saturated rings. The van der Waals surface area contributed by atoms with Gasteiger partial charge in [-0.3, -0.25) is 0 Å². The van der Waals surface area contributed by atoms with Crippen molar-refractivity contribution in [1.29, 1.82) is 0 Å². The molecule has 2 N–H and O–H groups in total. The summed E-state index contributed by atoms with van der Waals surface area (Å²) in [4.78, 5) is 7.40. The van der Waals surface area contributed by atoms with Crippen LogP contribution < -0.4 is 10.6 Å². The number of anilines is 1. The summed E-state index contributed by atoms with van der Waals surface area (Å²) in [6.07, 6.45) is 8.63. The minimum absolute atomic E-state index is 0.667. The van der Waals surface area contributed by atoms with Crippen molar-refractivity contribution < 1.29 is 0 Å². The van der Waals surface area contributed by atoms with Crippen molar-refractivity contribution >= 4 is 5.82 Å². The first-order valence-electron chi connectivity index (χ1n) is 7.34. The third-order valence-electron chi connectivity index (χ3n) is 4.33. The number of hydrogen-bond donors (Lipinski definition) is 1. The van der Waals surface area contributed by atoms with E-state index in [4.69, 9.17) is 10.7 Å². The topological polar surface area (TPSA) is 42.1 Å². The Labute approximate surface area is 109 Å². The normalized spacial score (nSPS) is 22.5. The van der Waals surface area contributed by atoms with E-state index in [1.165, 1.54) is 62.1 Å². The van der Waals surface area contributed by atoms with Gasteiger partial charge in [0.2, 0.25) is 0 Å². The van der Waals surface area contributed by atoms with E-state index in [-0.39, 0.29) is 0 Å². The molecular weight excluding hydrogens is 222 g/mol.